The average molecular weight is 256 g/mol. The predicted octanol–water partition coefficient (Wildman–Crippen LogP) is 1.35. The maximum atomic E-state index is 11.7. The first-order valence-corrected chi connectivity index (χ1v) is 6.37. The van der Waals surface area contributed by atoms with Gasteiger partial charge < -0.3 is 10.1 Å². The van der Waals surface area contributed by atoms with E-state index in [-0.39, 0.29) is 17.5 Å². The van der Waals surface area contributed by atoms with Crippen molar-refractivity contribution in [3.63, 3.8) is 0 Å². The van der Waals surface area contributed by atoms with Gasteiger partial charge in [0.15, 0.2) is 0 Å². The minimum Gasteiger partial charge on any atom is -0.481 e. The van der Waals surface area contributed by atoms with Gasteiger partial charge in [-0.25, -0.2) is 4.98 Å². The molecule has 0 saturated carbocycles. The van der Waals surface area contributed by atoms with Gasteiger partial charge in [0.05, 0.1) is 12.2 Å². The second kappa shape index (κ2) is 5.86. The van der Waals surface area contributed by atoms with E-state index in [2.05, 4.69) is 23.8 Å². The van der Waals surface area contributed by atoms with Crippen LogP contribution < -0.4 is 5.56 Å². The molecule has 0 atom stereocenters. The summed E-state index contributed by atoms with van der Waals surface area (Å²) in [6.07, 6.45) is -0.286. The summed E-state index contributed by atoms with van der Waals surface area (Å²) in [4.78, 5) is 29.1. The molecular weight excluding hydrogens is 240 g/mol. The fraction of sp³-hybridized carbons (Fsp3) is 0.545. The molecule has 0 aliphatic heterocycles. The zero-order valence-corrected chi connectivity index (χ0v) is 10.9. The van der Waals surface area contributed by atoms with Gasteiger partial charge in [0.2, 0.25) is 0 Å². The first kappa shape index (κ1) is 13.8. The zero-order chi connectivity index (χ0) is 13.0. The lowest BCUT2D eigenvalue weighted by atomic mass is 10.2. The molecule has 0 spiro atoms. The Morgan fingerprint density at radius 3 is 2.65 bits per heavy atom. The number of nitrogens with zero attached hydrogens (tertiary/aromatic N) is 1. The molecule has 2 N–H and O–H groups in total. The number of aliphatic carboxylic acids is 1. The summed E-state index contributed by atoms with van der Waals surface area (Å²) in [5, 5.41) is 9.13. The number of aryl methyl sites for hydroxylation is 1. The molecule has 0 unspecified atom stereocenters. The number of carboxylic acid groups (broad SMARTS) is 1. The van der Waals surface area contributed by atoms with E-state index >= 15 is 0 Å². The SMILES string of the molecule is Cc1nc(CSC(C)C)[nH]c(=O)c1CC(=O)O. The van der Waals surface area contributed by atoms with Crippen molar-refractivity contribution in [3.8, 4) is 0 Å². The first-order valence-electron chi connectivity index (χ1n) is 5.32. The quantitative estimate of drug-likeness (QED) is 0.830. The molecule has 17 heavy (non-hydrogen) atoms. The van der Waals surface area contributed by atoms with Gasteiger partial charge in [-0.05, 0) is 12.2 Å². The van der Waals surface area contributed by atoms with E-state index in [4.69, 9.17) is 5.11 Å². The molecule has 94 valence electrons. The third-order valence-corrected chi connectivity index (χ3v) is 3.26. The molecule has 6 heteroatoms. The fourth-order valence-electron chi connectivity index (χ4n) is 1.34. The van der Waals surface area contributed by atoms with Crippen molar-refractivity contribution in [1.82, 2.24) is 9.97 Å². The second-order valence-corrected chi connectivity index (χ2v) is 5.57. The smallest absolute Gasteiger partial charge is 0.308 e. The molecule has 5 nitrogen and oxygen atoms in total. The van der Waals surface area contributed by atoms with Crippen molar-refractivity contribution >= 4 is 17.7 Å². The van der Waals surface area contributed by atoms with Crippen LogP contribution in [-0.2, 0) is 17.0 Å². The minimum atomic E-state index is -1.02. The van der Waals surface area contributed by atoms with Crippen LogP contribution >= 0.6 is 11.8 Å². The number of thioether (sulfide) groups is 1. The Bertz CT molecular complexity index is 468. The predicted molar refractivity (Wildman–Crippen MR) is 67.4 cm³/mol. The van der Waals surface area contributed by atoms with E-state index in [0.29, 0.717) is 22.5 Å². The summed E-state index contributed by atoms with van der Waals surface area (Å²) in [5.41, 5.74) is 0.380. The molecule has 0 amide bonds. The normalized spacial score (nSPS) is 10.8. The molecule has 0 fully saturated rings. The van der Waals surface area contributed by atoms with Crippen LogP contribution in [0, 0.1) is 6.92 Å². The average Bonchev–Trinajstić information content (AvgIpc) is 2.20. The van der Waals surface area contributed by atoms with Crippen molar-refractivity contribution in [2.45, 2.75) is 38.2 Å². The van der Waals surface area contributed by atoms with E-state index in [0.717, 1.165) is 0 Å². The van der Waals surface area contributed by atoms with Crippen molar-refractivity contribution in [1.29, 1.82) is 0 Å². The highest BCUT2D eigenvalue weighted by molar-refractivity contribution is 7.99. The van der Waals surface area contributed by atoms with E-state index in [1.165, 1.54) is 0 Å². The van der Waals surface area contributed by atoms with Crippen molar-refractivity contribution in [3.05, 3.63) is 27.4 Å². The zero-order valence-electron chi connectivity index (χ0n) is 10.1. The number of hydrogen-bond donors (Lipinski definition) is 2. The molecule has 1 rings (SSSR count). The Hall–Kier alpha value is -1.30. The van der Waals surface area contributed by atoms with Crippen LogP contribution in [-0.4, -0.2) is 26.3 Å². The largest absolute Gasteiger partial charge is 0.481 e. The van der Waals surface area contributed by atoms with Gasteiger partial charge in [0.1, 0.15) is 5.82 Å². The van der Waals surface area contributed by atoms with Crippen LogP contribution in [0.3, 0.4) is 0 Å². The number of H-pyrrole nitrogens is 1. The summed E-state index contributed by atoms with van der Waals surface area (Å²) in [6.45, 7) is 5.79. The molecule has 0 aliphatic carbocycles. The van der Waals surface area contributed by atoms with Gasteiger partial charge in [-0.15, -0.1) is 0 Å². The summed E-state index contributed by atoms with van der Waals surface area (Å²) < 4.78 is 0. The number of aromatic nitrogens is 2. The van der Waals surface area contributed by atoms with Crippen molar-refractivity contribution < 1.29 is 9.90 Å². The van der Waals surface area contributed by atoms with Gasteiger partial charge in [-0.2, -0.15) is 11.8 Å². The highest BCUT2D eigenvalue weighted by Crippen LogP contribution is 2.14. The van der Waals surface area contributed by atoms with Crippen molar-refractivity contribution in [2.75, 3.05) is 0 Å². The van der Waals surface area contributed by atoms with Gasteiger partial charge >= 0.3 is 5.97 Å². The Balaban J connectivity index is 2.93. The van der Waals surface area contributed by atoms with Crippen LogP contribution in [0.2, 0.25) is 0 Å². The molecule has 1 aromatic heterocycles. The molecule has 0 aromatic carbocycles. The second-order valence-electron chi connectivity index (χ2n) is 4.01. The van der Waals surface area contributed by atoms with Crippen LogP contribution in [0.25, 0.3) is 0 Å². The Morgan fingerprint density at radius 2 is 2.18 bits per heavy atom. The van der Waals surface area contributed by atoms with Gasteiger partial charge in [-0.3, -0.25) is 9.59 Å². The fourth-order valence-corrected chi connectivity index (χ4v) is 1.97. The molecule has 0 radical (unpaired) electrons. The van der Waals surface area contributed by atoms with E-state index in [9.17, 15) is 9.59 Å². The van der Waals surface area contributed by atoms with E-state index < -0.39 is 5.97 Å². The Morgan fingerprint density at radius 1 is 1.53 bits per heavy atom. The third kappa shape index (κ3) is 4.22. The number of nitrogens with one attached hydrogen (secondary N) is 1. The minimum absolute atomic E-state index is 0.232. The Labute approximate surface area is 104 Å². The number of aromatic amines is 1. The summed E-state index contributed by atoms with van der Waals surface area (Å²) in [7, 11) is 0. The molecule has 1 aromatic rings. The third-order valence-electron chi connectivity index (χ3n) is 2.15. The number of carboxylic acids is 1. The number of carbonyl (C=O) groups is 1. The van der Waals surface area contributed by atoms with Gasteiger partial charge in [0.25, 0.3) is 5.56 Å². The molecule has 0 saturated heterocycles. The van der Waals surface area contributed by atoms with Crippen LogP contribution in [0.5, 0.6) is 0 Å². The maximum absolute atomic E-state index is 11.7. The molecular formula is C11H16N2O3S. The monoisotopic (exact) mass is 256 g/mol. The summed E-state index contributed by atoms with van der Waals surface area (Å²) in [5.74, 6) is 0.200. The van der Waals surface area contributed by atoms with E-state index in [1.54, 1.807) is 18.7 Å². The van der Waals surface area contributed by atoms with Gasteiger partial charge in [-0.1, -0.05) is 13.8 Å². The highest BCUT2D eigenvalue weighted by Gasteiger charge is 2.11. The molecule has 0 bridgehead atoms. The lowest BCUT2D eigenvalue weighted by molar-refractivity contribution is -0.136. The molecule has 1 heterocycles. The highest BCUT2D eigenvalue weighted by atomic mass is 32.2. The topological polar surface area (TPSA) is 83.0 Å². The van der Waals surface area contributed by atoms with Crippen molar-refractivity contribution in [2.24, 2.45) is 0 Å². The first-order chi connectivity index (χ1) is 7.90. The number of hydrogen-bond acceptors (Lipinski definition) is 4. The van der Waals surface area contributed by atoms with Crippen LogP contribution in [0.15, 0.2) is 4.79 Å². The standard InChI is InChI=1S/C11H16N2O3S/c1-6(2)17-5-9-12-7(3)8(4-10(14)15)11(16)13-9/h6H,4-5H2,1-3H3,(H,14,15)(H,12,13,16). The maximum Gasteiger partial charge on any atom is 0.308 e. The summed E-state index contributed by atoms with van der Waals surface area (Å²) >= 11 is 1.67. The Kier molecular flexibility index (Phi) is 4.74. The van der Waals surface area contributed by atoms with Crippen LogP contribution in [0.1, 0.15) is 30.9 Å². The lowest BCUT2D eigenvalue weighted by Gasteiger charge is -2.07. The summed E-state index contributed by atoms with van der Waals surface area (Å²) in [6, 6.07) is 0. The lowest BCUT2D eigenvalue weighted by Crippen LogP contribution is -2.21. The number of rotatable bonds is 5. The van der Waals surface area contributed by atoms with E-state index in [1.807, 2.05) is 0 Å². The van der Waals surface area contributed by atoms with Crippen LogP contribution in [0.4, 0.5) is 0 Å². The van der Waals surface area contributed by atoms with Gasteiger partial charge in [0, 0.05) is 11.3 Å². The molecule has 0 aliphatic rings.